The molecule has 0 aromatic heterocycles. The first-order valence-electron chi connectivity index (χ1n) is 41.5. The van der Waals surface area contributed by atoms with E-state index in [-0.39, 0.29) is 32.0 Å². The molecule has 2 atom stereocenters. The maximum Gasteiger partial charge on any atom is 0.306 e. The highest BCUT2D eigenvalue weighted by Crippen LogP contribution is 2.38. The van der Waals surface area contributed by atoms with Crippen molar-refractivity contribution in [3.05, 3.63) is 146 Å². The van der Waals surface area contributed by atoms with E-state index in [0.717, 1.165) is 116 Å². The van der Waals surface area contributed by atoms with E-state index in [9.17, 15) is 19.0 Å². The summed E-state index contributed by atoms with van der Waals surface area (Å²) in [5.74, 6) is -0.831. The number of likely N-dealkylation sites (N-methyl/N-ethyl adjacent to an activating group) is 1. The van der Waals surface area contributed by atoms with E-state index in [1.807, 2.05) is 21.1 Å². The average molecular weight is 1410 g/mol. The second-order valence-electron chi connectivity index (χ2n) is 28.8. The normalized spacial score (nSPS) is 13.8. The van der Waals surface area contributed by atoms with Gasteiger partial charge < -0.3 is 27.9 Å². The van der Waals surface area contributed by atoms with Crippen molar-refractivity contribution in [3.63, 3.8) is 0 Å². The van der Waals surface area contributed by atoms with Gasteiger partial charge in [0.05, 0.1) is 27.7 Å². The number of ether oxygens (including phenoxy) is 2. The zero-order valence-corrected chi connectivity index (χ0v) is 66.5. The number of allylic oxidation sites excluding steroid dienone is 24. The van der Waals surface area contributed by atoms with E-state index >= 15 is 0 Å². The first-order chi connectivity index (χ1) is 49.0. The number of phosphoric ester groups is 1. The molecule has 0 amide bonds. The highest BCUT2D eigenvalue weighted by Gasteiger charge is 2.22. The van der Waals surface area contributed by atoms with Crippen LogP contribution in [0.1, 0.15) is 361 Å². The summed E-state index contributed by atoms with van der Waals surface area (Å²) in [6.45, 7) is 4.14. The van der Waals surface area contributed by atoms with Crippen LogP contribution in [0.5, 0.6) is 0 Å². The fraction of sp³-hybridized carbons (Fsp3) is 0.711. The van der Waals surface area contributed by atoms with Crippen LogP contribution in [-0.4, -0.2) is 70.0 Å². The molecule has 574 valence electrons. The number of hydrogen-bond donors (Lipinski definition) is 0. The lowest BCUT2D eigenvalue weighted by atomic mass is 10.0. The first-order valence-corrected chi connectivity index (χ1v) is 43.0. The highest BCUT2D eigenvalue weighted by atomic mass is 31.2. The van der Waals surface area contributed by atoms with Crippen LogP contribution >= 0.6 is 7.82 Å². The molecule has 10 heteroatoms. The third kappa shape index (κ3) is 82.8. The smallest absolute Gasteiger partial charge is 0.306 e. The summed E-state index contributed by atoms with van der Waals surface area (Å²) in [6, 6.07) is 0. The molecule has 0 aliphatic heterocycles. The zero-order chi connectivity index (χ0) is 72.5. The molecule has 0 heterocycles. The van der Waals surface area contributed by atoms with Crippen LogP contribution in [-0.2, 0) is 32.7 Å². The van der Waals surface area contributed by atoms with Crippen molar-refractivity contribution in [3.8, 4) is 0 Å². The molecule has 0 aromatic carbocycles. The van der Waals surface area contributed by atoms with Gasteiger partial charge in [0.25, 0.3) is 7.82 Å². The molecule has 0 aromatic rings. The van der Waals surface area contributed by atoms with Crippen molar-refractivity contribution in [2.45, 2.75) is 367 Å². The molecular formula is C90H156NO8P. The van der Waals surface area contributed by atoms with Crippen molar-refractivity contribution in [2.75, 3.05) is 47.5 Å². The summed E-state index contributed by atoms with van der Waals surface area (Å²) in [7, 11) is 1.16. The Kier molecular flexibility index (Phi) is 75.8. The van der Waals surface area contributed by atoms with Gasteiger partial charge in [-0.2, -0.15) is 0 Å². The Labute approximate surface area is 618 Å². The molecule has 0 bridgehead atoms. The summed E-state index contributed by atoms with van der Waals surface area (Å²) >= 11 is 0. The predicted octanol–water partition coefficient (Wildman–Crippen LogP) is 27.4. The third-order valence-electron chi connectivity index (χ3n) is 17.8. The molecule has 0 radical (unpaired) electrons. The Hall–Kier alpha value is -4.11. The largest absolute Gasteiger partial charge is 0.756 e. The first kappa shape index (κ1) is 95.9. The van der Waals surface area contributed by atoms with Gasteiger partial charge >= 0.3 is 11.9 Å². The lowest BCUT2D eigenvalue weighted by molar-refractivity contribution is -0.870. The third-order valence-corrected chi connectivity index (χ3v) is 18.8. The number of carbonyl (C=O) groups excluding carboxylic acids is 2. The lowest BCUT2D eigenvalue weighted by Crippen LogP contribution is -2.37. The Morgan fingerprint density at radius 2 is 0.570 bits per heavy atom. The monoisotopic (exact) mass is 1410 g/mol. The van der Waals surface area contributed by atoms with Gasteiger partial charge in [0, 0.05) is 12.8 Å². The van der Waals surface area contributed by atoms with Crippen molar-refractivity contribution < 1.29 is 42.1 Å². The van der Waals surface area contributed by atoms with Crippen molar-refractivity contribution in [1.82, 2.24) is 0 Å². The molecule has 0 saturated carbocycles. The summed E-state index contributed by atoms with van der Waals surface area (Å²) in [5.41, 5.74) is 0. The van der Waals surface area contributed by atoms with Crippen LogP contribution < -0.4 is 4.89 Å². The van der Waals surface area contributed by atoms with Gasteiger partial charge in [-0.15, -0.1) is 0 Å². The van der Waals surface area contributed by atoms with Crippen LogP contribution in [0.3, 0.4) is 0 Å². The van der Waals surface area contributed by atoms with Crippen LogP contribution in [0, 0.1) is 0 Å². The minimum atomic E-state index is -4.66. The molecule has 9 nitrogen and oxygen atoms in total. The summed E-state index contributed by atoms with van der Waals surface area (Å²) in [5, 5.41) is 0. The molecule has 100 heavy (non-hydrogen) atoms. The number of quaternary nitrogens is 1. The summed E-state index contributed by atoms with van der Waals surface area (Å²) in [6.07, 6.45) is 117. The highest BCUT2D eigenvalue weighted by molar-refractivity contribution is 7.45. The SMILES string of the molecule is CC/C=C\C/C=C\C/C=C\C/C=C\C/C=C\C/C=C\C/C=C\C/C=C\C/C=C\C/C=C\CCCCCCCCCCCCC(=O)OC(COC(=O)CCCCCCCCCCCCCCCCCCCCCCCCC/C=C\C/C=C\CCCCCCC)COP(=O)([O-])OCC[N+](C)(C)C. The Morgan fingerprint density at radius 3 is 0.850 bits per heavy atom. The van der Waals surface area contributed by atoms with Crippen LogP contribution in [0.15, 0.2) is 146 Å². The minimum absolute atomic E-state index is 0.0360. The molecule has 2 unspecified atom stereocenters. The number of hydrogen-bond acceptors (Lipinski definition) is 8. The van der Waals surface area contributed by atoms with Gasteiger partial charge in [-0.05, 0) is 122 Å². The van der Waals surface area contributed by atoms with E-state index in [1.54, 1.807) is 0 Å². The molecule has 0 spiro atoms. The van der Waals surface area contributed by atoms with Crippen LogP contribution in [0.25, 0.3) is 0 Å². The predicted molar refractivity (Wildman–Crippen MR) is 434 cm³/mol. The number of carbonyl (C=O) groups is 2. The van der Waals surface area contributed by atoms with Crippen molar-refractivity contribution >= 4 is 19.8 Å². The number of nitrogens with zero attached hydrogens (tertiary/aromatic N) is 1. The maximum absolute atomic E-state index is 12.9. The second kappa shape index (κ2) is 79.0. The topological polar surface area (TPSA) is 111 Å². The molecule has 0 saturated heterocycles. The van der Waals surface area contributed by atoms with Gasteiger partial charge in [0.15, 0.2) is 6.10 Å². The van der Waals surface area contributed by atoms with Crippen LogP contribution in [0.4, 0.5) is 0 Å². The van der Waals surface area contributed by atoms with E-state index in [2.05, 4.69) is 160 Å². The van der Waals surface area contributed by atoms with E-state index in [0.29, 0.717) is 17.4 Å². The Morgan fingerprint density at radius 1 is 0.320 bits per heavy atom. The number of rotatable bonds is 76. The number of unbranched alkanes of at least 4 members (excludes halogenated alkanes) is 38. The number of phosphoric acid groups is 1. The Balaban J connectivity index is 4.00. The van der Waals surface area contributed by atoms with Gasteiger partial charge in [-0.25, -0.2) is 0 Å². The van der Waals surface area contributed by atoms with Crippen molar-refractivity contribution in [2.24, 2.45) is 0 Å². The van der Waals surface area contributed by atoms with Crippen LogP contribution in [0.2, 0.25) is 0 Å². The summed E-state index contributed by atoms with van der Waals surface area (Å²) < 4.78 is 34.4. The second-order valence-corrected chi connectivity index (χ2v) is 30.2. The fourth-order valence-corrected chi connectivity index (χ4v) is 12.3. The standard InChI is InChI=1S/C90H156NO8P/c1-6-8-10-12-14-16-18-20-22-24-26-28-30-32-34-36-38-40-42-43-44-45-46-47-49-51-53-55-57-59-61-63-65-67-69-71-73-75-77-79-81-83-90(93)99-88(87-98-100(94,95)97-85-84-91(3,4)5)86-96-89(92)82-80-78-76-74-72-70-68-66-64-62-60-58-56-54-52-50-48-41-39-37-35-33-31-29-27-25-23-21-19-17-15-13-11-9-7-2/h8,10,14,16,19-22,25-28,32,34,38,40,43-44,46-47,51,53,57,59,88H,6-7,9,11-13,15,17-18,23-24,29-31,33,35-37,39,41-42,45,48-50,52,54-56,58,60-87H2,1-5H3/b10-8-,16-14-,21-19-,22-20-,27-25-,28-26-,34-32-,40-38-,44-43-,47-46-,53-51-,59-57-. The molecular weight excluding hydrogens is 1250 g/mol. The van der Waals surface area contributed by atoms with Gasteiger partial charge in [-0.3, -0.25) is 14.2 Å². The van der Waals surface area contributed by atoms with Crippen molar-refractivity contribution in [1.29, 1.82) is 0 Å². The fourth-order valence-electron chi connectivity index (χ4n) is 11.5. The Bertz CT molecular complexity index is 2210. The van der Waals surface area contributed by atoms with Gasteiger partial charge in [0.2, 0.25) is 0 Å². The van der Waals surface area contributed by atoms with E-state index in [4.69, 9.17) is 18.5 Å². The average Bonchev–Trinajstić information content (AvgIpc) is 1.30. The van der Waals surface area contributed by atoms with E-state index < -0.39 is 26.5 Å². The molecule has 0 aliphatic carbocycles. The molecule has 0 aliphatic rings. The maximum atomic E-state index is 12.9. The minimum Gasteiger partial charge on any atom is -0.756 e. The molecule has 0 rings (SSSR count). The zero-order valence-electron chi connectivity index (χ0n) is 65.6. The quantitative estimate of drug-likeness (QED) is 0.0195. The number of esters is 2. The molecule has 0 N–H and O–H groups in total. The van der Waals surface area contributed by atoms with E-state index in [1.165, 1.54) is 212 Å². The van der Waals surface area contributed by atoms with Gasteiger partial charge in [0.1, 0.15) is 19.8 Å². The summed E-state index contributed by atoms with van der Waals surface area (Å²) in [4.78, 5) is 38.2. The molecule has 0 fully saturated rings. The lowest BCUT2D eigenvalue weighted by Gasteiger charge is -2.28. The van der Waals surface area contributed by atoms with Gasteiger partial charge in [-0.1, -0.05) is 372 Å².